The number of nitrogens with zero attached hydrogens (tertiary/aromatic N) is 3. The van der Waals surface area contributed by atoms with Crippen LogP contribution in [-0.4, -0.2) is 121 Å². The Morgan fingerprint density at radius 1 is 1.10 bits per heavy atom. The maximum absolute atomic E-state index is 14.3. The first kappa shape index (κ1) is 30.7. The molecule has 10 heteroatoms. The number of fused-ring (bicyclic) bond motifs is 1. The van der Waals surface area contributed by atoms with Gasteiger partial charge in [-0.3, -0.25) is 19.3 Å². The van der Waals surface area contributed by atoms with Gasteiger partial charge in [-0.1, -0.05) is 25.0 Å². The normalized spacial score (nSPS) is 29.4. The quantitative estimate of drug-likeness (QED) is 0.163. The lowest BCUT2D eigenvalue weighted by molar-refractivity contribution is -0.155. The lowest BCUT2D eigenvalue weighted by atomic mass is 9.70. The van der Waals surface area contributed by atoms with Crippen molar-refractivity contribution in [3.05, 3.63) is 25.3 Å². The summed E-state index contributed by atoms with van der Waals surface area (Å²) < 4.78 is 17.6. The molecule has 1 spiro atoms. The molecule has 5 atom stereocenters. The van der Waals surface area contributed by atoms with Gasteiger partial charge in [-0.15, -0.1) is 13.2 Å². The third-order valence-corrected chi connectivity index (χ3v) is 8.86. The summed E-state index contributed by atoms with van der Waals surface area (Å²) in [7, 11) is 0. The molecule has 224 valence electrons. The summed E-state index contributed by atoms with van der Waals surface area (Å²) in [5, 5.41) is 9.14. The standard InChI is InChI=1S/C30H47N3O7/c1-3-5-10-20-39-29(37)24-23-11-12-30(40-23)25(24)27(35)33(14-8-6-7-9-19-34)26(30)28(36)32(13-4-2)16-15-31-17-21-38-22-18-31/h3-4,23-26,34H,1-2,5-22H2/t23-,24+,25-,26?,30?/m0/s1. The molecule has 4 aliphatic heterocycles. The van der Waals surface area contributed by atoms with Crippen molar-refractivity contribution in [1.29, 1.82) is 0 Å². The number of rotatable bonds is 17. The SMILES string of the molecule is C=CCCCOC(=O)[C@@H]1[C@@H]2CCC3(O2)C(C(=O)N(CC=C)CCN2CCOCC2)N(CCCCCCO)C(=O)[C@H]13. The molecule has 0 saturated carbocycles. The zero-order chi connectivity index (χ0) is 28.5. The molecule has 0 aromatic carbocycles. The number of aliphatic hydroxyl groups is 1. The smallest absolute Gasteiger partial charge is 0.312 e. The number of morpholine rings is 1. The molecule has 10 nitrogen and oxygen atoms in total. The molecule has 4 rings (SSSR count). The maximum Gasteiger partial charge on any atom is 0.312 e. The second kappa shape index (κ2) is 14.6. The molecule has 1 N–H and O–H groups in total. The van der Waals surface area contributed by atoms with Crippen LogP contribution in [0.15, 0.2) is 25.3 Å². The molecule has 0 aromatic rings. The van der Waals surface area contributed by atoms with E-state index in [1.54, 1.807) is 22.0 Å². The molecule has 2 amide bonds. The van der Waals surface area contributed by atoms with Crippen LogP contribution in [0.3, 0.4) is 0 Å². The topological polar surface area (TPSA) is 109 Å². The van der Waals surface area contributed by atoms with Crippen LogP contribution in [0.5, 0.6) is 0 Å². The average Bonchev–Trinajstić information content (AvgIpc) is 3.61. The van der Waals surface area contributed by atoms with E-state index in [2.05, 4.69) is 18.1 Å². The molecule has 2 bridgehead atoms. The van der Waals surface area contributed by atoms with Crippen LogP contribution in [-0.2, 0) is 28.6 Å². The van der Waals surface area contributed by atoms with Crippen LogP contribution in [0, 0.1) is 11.8 Å². The minimum Gasteiger partial charge on any atom is -0.465 e. The van der Waals surface area contributed by atoms with E-state index < -0.39 is 35.6 Å². The van der Waals surface area contributed by atoms with Crippen LogP contribution in [0.4, 0.5) is 0 Å². The van der Waals surface area contributed by atoms with Gasteiger partial charge in [0.2, 0.25) is 11.8 Å². The Balaban J connectivity index is 1.55. The van der Waals surface area contributed by atoms with Crippen molar-refractivity contribution < 1.29 is 33.7 Å². The molecular weight excluding hydrogens is 514 g/mol. The minimum atomic E-state index is -1.02. The summed E-state index contributed by atoms with van der Waals surface area (Å²) in [6, 6.07) is -0.781. The Kier molecular flexibility index (Phi) is 11.2. The van der Waals surface area contributed by atoms with Crippen molar-refractivity contribution in [3.8, 4) is 0 Å². The van der Waals surface area contributed by atoms with E-state index in [0.717, 1.165) is 32.4 Å². The first-order chi connectivity index (χ1) is 19.5. The number of carbonyl (C=O) groups is 3. The molecule has 0 radical (unpaired) electrons. The summed E-state index contributed by atoms with van der Waals surface area (Å²) in [5.74, 6) is -2.13. The molecule has 0 aliphatic carbocycles. The largest absolute Gasteiger partial charge is 0.465 e. The molecule has 4 heterocycles. The van der Waals surface area contributed by atoms with Crippen LogP contribution >= 0.6 is 0 Å². The van der Waals surface area contributed by atoms with Gasteiger partial charge in [0.05, 0.1) is 37.8 Å². The highest BCUT2D eigenvalue weighted by molar-refractivity contribution is 5.98. The summed E-state index contributed by atoms with van der Waals surface area (Å²) >= 11 is 0. The zero-order valence-corrected chi connectivity index (χ0v) is 23.8. The predicted octanol–water partition coefficient (Wildman–Crippen LogP) is 1.77. The fourth-order valence-electron chi connectivity index (χ4n) is 6.89. The number of esters is 1. The van der Waals surface area contributed by atoms with Gasteiger partial charge < -0.3 is 29.1 Å². The average molecular weight is 562 g/mol. The minimum absolute atomic E-state index is 0.139. The van der Waals surface area contributed by atoms with Crippen molar-refractivity contribution in [2.45, 2.75) is 69.1 Å². The zero-order valence-electron chi connectivity index (χ0n) is 23.8. The number of aliphatic hydroxyl groups excluding tert-OH is 1. The number of hydrogen-bond donors (Lipinski definition) is 1. The van der Waals surface area contributed by atoms with E-state index in [1.165, 1.54) is 0 Å². The van der Waals surface area contributed by atoms with E-state index in [9.17, 15) is 14.4 Å². The Labute approximate surface area is 238 Å². The van der Waals surface area contributed by atoms with Crippen molar-refractivity contribution in [2.75, 3.05) is 65.7 Å². The van der Waals surface area contributed by atoms with Gasteiger partial charge in [0, 0.05) is 45.9 Å². The first-order valence-electron chi connectivity index (χ1n) is 15.0. The van der Waals surface area contributed by atoms with E-state index >= 15 is 0 Å². The summed E-state index contributed by atoms with van der Waals surface area (Å²) in [6.45, 7) is 13.0. The summed E-state index contributed by atoms with van der Waals surface area (Å²) in [6.07, 6.45) is 8.83. The highest BCUT2D eigenvalue weighted by Gasteiger charge is 2.75. The van der Waals surface area contributed by atoms with E-state index in [1.807, 2.05) is 0 Å². The fraction of sp³-hybridized carbons (Fsp3) is 0.767. The van der Waals surface area contributed by atoms with Crippen molar-refractivity contribution in [2.24, 2.45) is 11.8 Å². The fourth-order valence-corrected chi connectivity index (χ4v) is 6.89. The van der Waals surface area contributed by atoms with E-state index in [-0.39, 0.29) is 25.0 Å². The second-order valence-electron chi connectivity index (χ2n) is 11.4. The lowest BCUT2D eigenvalue weighted by Crippen LogP contribution is -2.57. The Bertz CT molecular complexity index is 908. The first-order valence-corrected chi connectivity index (χ1v) is 15.0. The number of allylic oxidation sites excluding steroid dienone is 1. The van der Waals surface area contributed by atoms with Gasteiger partial charge in [0.1, 0.15) is 11.6 Å². The highest BCUT2D eigenvalue weighted by Crippen LogP contribution is 2.58. The number of amides is 2. The monoisotopic (exact) mass is 561 g/mol. The molecule has 4 fully saturated rings. The van der Waals surface area contributed by atoms with Gasteiger partial charge in [-0.25, -0.2) is 0 Å². The summed E-state index contributed by atoms with van der Waals surface area (Å²) in [4.78, 5) is 47.4. The van der Waals surface area contributed by atoms with Crippen LogP contribution < -0.4 is 0 Å². The van der Waals surface area contributed by atoms with Crippen LogP contribution in [0.25, 0.3) is 0 Å². The second-order valence-corrected chi connectivity index (χ2v) is 11.4. The molecule has 0 aromatic heterocycles. The van der Waals surface area contributed by atoms with Gasteiger partial charge >= 0.3 is 5.97 Å². The van der Waals surface area contributed by atoms with E-state index in [4.69, 9.17) is 19.3 Å². The third kappa shape index (κ3) is 6.45. The predicted molar refractivity (Wildman–Crippen MR) is 149 cm³/mol. The van der Waals surface area contributed by atoms with Gasteiger partial charge in [0.25, 0.3) is 0 Å². The van der Waals surface area contributed by atoms with Crippen molar-refractivity contribution in [3.63, 3.8) is 0 Å². The lowest BCUT2D eigenvalue weighted by Gasteiger charge is -2.37. The van der Waals surface area contributed by atoms with Gasteiger partial charge in [0.15, 0.2) is 0 Å². The number of likely N-dealkylation sites (tertiary alicyclic amines) is 1. The molecule has 4 aliphatic rings. The Morgan fingerprint density at radius 3 is 2.60 bits per heavy atom. The molecular formula is C30H47N3O7. The third-order valence-electron chi connectivity index (χ3n) is 8.86. The number of hydrogen-bond acceptors (Lipinski definition) is 8. The van der Waals surface area contributed by atoms with Gasteiger partial charge in [-0.05, 0) is 38.5 Å². The highest BCUT2D eigenvalue weighted by atomic mass is 16.6. The molecule has 4 saturated heterocycles. The Morgan fingerprint density at radius 2 is 1.88 bits per heavy atom. The number of carbonyl (C=O) groups excluding carboxylic acids is 3. The van der Waals surface area contributed by atoms with Crippen molar-refractivity contribution >= 4 is 17.8 Å². The van der Waals surface area contributed by atoms with Crippen LogP contribution in [0.1, 0.15) is 51.4 Å². The number of ether oxygens (including phenoxy) is 3. The molecule has 40 heavy (non-hydrogen) atoms. The summed E-state index contributed by atoms with van der Waals surface area (Å²) in [5.41, 5.74) is -1.02. The van der Waals surface area contributed by atoms with Crippen molar-refractivity contribution in [1.82, 2.24) is 14.7 Å². The van der Waals surface area contributed by atoms with Crippen LogP contribution in [0.2, 0.25) is 0 Å². The maximum atomic E-state index is 14.3. The molecule has 2 unspecified atom stereocenters. The Hall–Kier alpha value is -2.27. The van der Waals surface area contributed by atoms with Gasteiger partial charge in [-0.2, -0.15) is 0 Å². The number of unbranched alkanes of at least 4 members (excludes halogenated alkanes) is 4. The van der Waals surface area contributed by atoms with E-state index in [0.29, 0.717) is 71.5 Å².